The summed E-state index contributed by atoms with van der Waals surface area (Å²) in [6.07, 6.45) is 1.10. The predicted molar refractivity (Wildman–Crippen MR) is 131 cm³/mol. The molecule has 1 aromatic carbocycles. The maximum absolute atomic E-state index is 13.9. The molecule has 3 heterocycles. The van der Waals surface area contributed by atoms with Crippen molar-refractivity contribution in [3.63, 3.8) is 0 Å². The first-order valence-electron chi connectivity index (χ1n) is 11.0. The van der Waals surface area contributed by atoms with Crippen LogP contribution in [0.3, 0.4) is 0 Å². The molecule has 0 spiro atoms. The molecule has 0 amide bonds. The predicted octanol–water partition coefficient (Wildman–Crippen LogP) is 3.13. The highest BCUT2D eigenvalue weighted by molar-refractivity contribution is 9.10. The minimum absolute atomic E-state index is 0.110. The Morgan fingerprint density at radius 1 is 1.43 bits per heavy atom. The fourth-order valence-corrected chi connectivity index (χ4v) is 5.34. The average molecular weight is 567 g/mol. The first kappa shape index (κ1) is 25.4. The van der Waals surface area contributed by atoms with E-state index < -0.39 is 35.9 Å². The number of aliphatic imine (C=N–C) groups is 1. The molecular formula is C23H24BrFN4O5S. The quantitative estimate of drug-likeness (QED) is 0.491. The molecule has 12 heteroatoms. The number of nitrogens with zero attached hydrogens (tertiary/aromatic N) is 3. The lowest BCUT2D eigenvalue weighted by Gasteiger charge is -2.38. The van der Waals surface area contributed by atoms with Gasteiger partial charge >= 0.3 is 11.9 Å². The Morgan fingerprint density at radius 2 is 2.23 bits per heavy atom. The summed E-state index contributed by atoms with van der Waals surface area (Å²) in [5.41, 5.74) is 1.24. The first-order chi connectivity index (χ1) is 16.8. The number of aromatic nitrogens is 1. The van der Waals surface area contributed by atoms with Crippen molar-refractivity contribution in [2.45, 2.75) is 32.0 Å². The SMILES string of the molecule is CCOC(=O)C1=C(CN2CCO[C@@H](C)C2C(=O)O)NC(c2nccs2)=N[C@H]1c1ccc(F)cc1Br. The third kappa shape index (κ3) is 5.45. The number of thiazole rings is 1. The lowest BCUT2D eigenvalue weighted by Crippen LogP contribution is -2.56. The Balaban J connectivity index is 1.84. The first-order valence-corrected chi connectivity index (χ1v) is 12.7. The van der Waals surface area contributed by atoms with Gasteiger partial charge in [-0.05, 0) is 31.5 Å². The molecule has 0 saturated carbocycles. The zero-order valence-electron chi connectivity index (χ0n) is 19.0. The molecular weight excluding hydrogens is 543 g/mol. The molecule has 1 aromatic heterocycles. The number of carbonyl (C=O) groups excluding carboxylic acids is 1. The summed E-state index contributed by atoms with van der Waals surface area (Å²) in [6.45, 7) is 4.37. The molecule has 2 N–H and O–H groups in total. The van der Waals surface area contributed by atoms with E-state index in [2.05, 4.69) is 26.2 Å². The molecule has 35 heavy (non-hydrogen) atoms. The highest BCUT2D eigenvalue weighted by atomic mass is 79.9. The van der Waals surface area contributed by atoms with Gasteiger partial charge in [0.15, 0.2) is 10.8 Å². The van der Waals surface area contributed by atoms with Gasteiger partial charge in [-0.25, -0.2) is 14.2 Å². The van der Waals surface area contributed by atoms with Crippen LogP contribution in [-0.2, 0) is 19.1 Å². The summed E-state index contributed by atoms with van der Waals surface area (Å²) in [6, 6.07) is 2.43. The Hall–Kier alpha value is -2.67. The standard InChI is InChI=1S/C23H24BrFN4O5S/c1-3-33-23(32)17-16(11-29-7-8-34-12(2)19(29)22(30)31)27-20(21-26-6-9-35-21)28-18(17)14-5-4-13(25)10-15(14)24/h4-6,9-10,12,18-19H,3,7-8,11H2,1-2H3,(H,27,28)(H,30,31)/t12-,18-,19?/m0/s1. The number of ether oxygens (including phenoxy) is 2. The van der Waals surface area contributed by atoms with Crippen molar-refractivity contribution in [2.24, 2.45) is 4.99 Å². The van der Waals surface area contributed by atoms with Gasteiger partial charge in [0.1, 0.15) is 17.9 Å². The van der Waals surface area contributed by atoms with Crippen LogP contribution < -0.4 is 5.32 Å². The summed E-state index contributed by atoms with van der Waals surface area (Å²) in [5.74, 6) is -1.62. The summed E-state index contributed by atoms with van der Waals surface area (Å²) >= 11 is 4.76. The van der Waals surface area contributed by atoms with Gasteiger partial charge < -0.3 is 19.9 Å². The van der Waals surface area contributed by atoms with E-state index in [9.17, 15) is 19.1 Å². The third-order valence-corrected chi connectivity index (χ3v) is 7.19. The van der Waals surface area contributed by atoms with Gasteiger partial charge in [0.2, 0.25) is 0 Å². The highest BCUT2D eigenvalue weighted by Crippen LogP contribution is 2.37. The number of carboxylic acids is 1. The van der Waals surface area contributed by atoms with Crippen LogP contribution in [0.4, 0.5) is 4.39 Å². The largest absolute Gasteiger partial charge is 0.480 e. The van der Waals surface area contributed by atoms with Gasteiger partial charge in [-0.3, -0.25) is 14.7 Å². The molecule has 4 rings (SSSR count). The van der Waals surface area contributed by atoms with Crippen LogP contribution in [0.15, 0.2) is 50.5 Å². The van der Waals surface area contributed by atoms with Gasteiger partial charge in [-0.2, -0.15) is 0 Å². The van der Waals surface area contributed by atoms with Crippen molar-refractivity contribution >= 4 is 45.0 Å². The van der Waals surface area contributed by atoms with Crippen LogP contribution in [-0.4, -0.2) is 71.2 Å². The number of carboxylic acid groups (broad SMARTS) is 1. The smallest absolute Gasteiger partial charge is 0.338 e. The number of carbonyl (C=O) groups is 2. The molecule has 9 nitrogen and oxygen atoms in total. The number of aliphatic carboxylic acids is 1. The minimum Gasteiger partial charge on any atom is -0.480 e. The summed E-state index contributed by atoms with van der Waals surface area (Å²) < 4.78 is 25.2. The second-order valence-electron chi connectivity index (χ2n) is 7.95. The number of halogens is 2. The summed E-state index contributed by atoms with van der Waals surface area (Å²) in [7, 11) is 0. The van der Waals surface area contributed by atoms with Crippen molar-refractivity contribution in [2.75, 3.05) is 26.3 Å². The number of esters is 1. The molecule has 1 saturated heterocycles. The lowest BCUT2D eigenvalue weighted by atomic mass is 9.95. The molecule has 2 aliphatic heterocycles. The van der Waals surface area contributed by atoms with Gasteiger partial charge in [0.05, 0.1) is 24.9 Å². The molecule has 1 unspecified atom stereocenters. The zero-order chi connectivity index (χ0) is 25.1. The van der Waals surface area contributed by atoms with Crippen LogP contribution in [0.1, 0.15) is 30.5 Å². The van der Waals surface area contributed by atoms with E-state index in [-0.39, 0.29) is 18.7 Å². The minimum atomic E-state index is -1.02. The van der Waals surface area contributed by atoms with Crippen molar-refractivity contribution in [1.82, 2.24) is 15.2 Å². The molecule has 3 atom stereocenters. The number of rotatable bonds is 7. The van der Waals surface area contributed by atoms with Crippen molar-refractivity contribution in [1.29, 1.82) is 0 Å². The number of hydrogen-bond donors (Lipinski definition) is 2. The van der Waals surface area contributed by atoms with Gasteiger partial charge in [0, 0.05) is 34.8 Å². The zero-order valence-corrected chi connectivity index (χ0v) is 21.4. The third-order valence-electron chi connectivity index (χ3n) is 5.72. The van der Waals surface area contributed by atoms with Crippen LogP contribution in [0.2, 0.25) is 0 Å². The topological polar surface area (TPSA) is 113 Å². The van der Waals surface area contributed by atoms with E-state index in [4.69, 9.17) is 14.5 Å². The Morgan fingerprint density at radius 3 is 2.89 bits per heavy atom. The van der Waals surface area contributed by atoms with E-state index in [0.717, 1.165) is 0 Å². The average Bonchev–Trinajstić information content (AvgIpc) is 3.33. The van der Waals surface area contributed by atoms with E-state index in [1.165, 1.54) is 23.5 Å². The van der Waals surface area contributed by atoms with Gasteiger partial charge in [0.25, 0.3) is 0 Å². The van der Waals surface area contributed by atoms with Crippen LogP contribution in [0.25, 0.3) is 0 Å². The van der Waals surface area contributed by atoms with Crippen LogP contribution in [0, 0.1) is 5.82 Å². The Bertz CT molecular complexity index is 1170. The maximum atomic E-state index is 13.9. The van der Waals surface area contributed by atoms with E-state index in [1.54, 1.807) is 36.4 Å². The number of morpholine rings is 1. The van der Waals surface area contributed by atoms with E-state index >= 15 is 0 Å². The highest BCUT2D eigenvalue weighted by Gasteiger charge is 2.39. The molecule has 186 valence electrons. The number of nitrogens with one attached hydrogen (secondary N) is 1. The second kappa shape index (κ2) is 10.9. The van der Waals surface area contributed by atoms with Crippen LogP contribution in [0.5, 0.6) is 0 Å². The lowest BCUT2D eigenvalue weighted by molar-refractivity contribution is -0.155. The normalized spacial score (nSPS) is 23.0. The molecule has 2 aliphatic rings. The Labute approximate surface area is 213 Å². The van der Waals surface area contributed by atoms with Crippen molar-refractivity contribution < 1.29 is 28.6 Å². The second-order valence-corrected chi connectivity index (χ2v) is 9.70. The summed E-state index contributed by atoms with van der Waals surface area (Å²) in [5, 5.41) is 15.4. The molecule has 1 fully saturated rings. The number of benzene rings is 1. The molecule has 2 aromatic rings. The van der Waals surface area contributed by atoms with Crippen molar-refractivity contribution in [3.05, 3.63) is 61.9 Å². The van der Waals surface area contributed by atoms with E-state index in [1.807, 2.05) is 0 Å². The molecule has 0 radical (unpaired) electrons. The van der Waals surface area contributed by atoms with Crippen LogP contribution >= 0.6 is 27.3 Å². The fraction of sp³-hybridized carbons (Fsp3) is 0.391. The van der Waals surface area contributed by atoms with Gasteiger partial charge in [-0.15, -0.1) is 11.3 Å². The molecule has 0 bridgehead atoms. The maximum Gasteiger partial charge on any atom is 0.338 e. The fourth-order valence-electron chi connectivity index (χ4n) is 4.19. The number of amidine groups is 1. The van der Waals surface area contributed by atoms with Crippen molar-refractivity contribution in [3.8, 4) is 0 Å². The molecule has 0 aliphatic carbocycles. The van der Waals surface area contributed by atoms with E-state index in [0.29, 0.717) is 39.7 Å². The number of hydrogen-bond acceptors (Lipinski definition) is 9. The Kier molecular flexibility index (Phi) is 7.95. The summed E-state index contributed by atoms with van der Waals surface area (Å²) in [4.78, 5) is 36.1. The van der Waals surface area contributed by atoms with Gasteiger partial charge in [-0.1, -0.05) is 22.0 Å². The monoisotopic (exact) mass is 566 g/mol.